The van der Waals surface area contributed by atoms with Gasteiger partial charge in [-0.3, -0.25) is 4.99 Å². The largest absolute Gasteiger partial charge is 0.381 e. The van der Waals surface area contributed by atoms with E-state index in [4.69, 9.17) is 9.73 Å². The summed E-state index contributed by atoms with van der Waals surface area (Å²) in [6, 6.07) is 0. The number of hydrogen-bond donors (Lipinski definition) is 2. The van der Waals surface area contributed by atoms with Gasteiger partial charge in [0.15, 0.2) is 5.96 Å². The minimum absolute atomic E-state index is 0. The van der Waals surface area contributed by atoms with Crippen LogP contribution < -0.4 is 10.6 Å². The van der Waals surface area contributed by atoms with Crippen molar-refractivity contribution < 1.29 is 4.74 Å². The Balaban J connectivity index is 0. The minimum Gasteiger partial charge on any atom is -0.381 e. The maximum absolute atomic E-state index is 5.57. The zero-order chi connectivity index (χ0) is 16.8. The van der Waals surface area contributed by atoms with E-state index in [-0.39, 0.29) is 29.4 Å². The number of rotatable bonds is 12. The number of ether oxygens (including phenoxy) is 1. The fourth-order valence-corrected chi connectivity index (χ4v) is 2.27. The fourth-order valence-electron chi connectivity index (χ4n) is 2.27. The van der Waals surface area contributed by atoms with Crippen LogP contribution in [0.3, 0.4) is 0 Å². The molecule has 0 saturated heterocycles. The summed E-state index contributed by atoms with van der Waals surface area (Å²) in [6.07, 6.45) is 3.35. The molecule has 0 unspecified atom stereocenters. The zero-order valence-electron chi connectivity index (χ0n) is 16.1. The predicted octanol–water partition coefficient (Wildman–Crippen LogP) is 2.95. The van der Waals surface area contributed by atoms with E-state index in [0.29, 0.717) is 0 Å². The summed E-state index contributed by atoms with van der Waals surface area (Å²) in [5, 5.41) is 6.69. The highest BCUT2D eigenvalue weighted by Gasteiger charge is 2.18. The lowest BCUT2D eigenvalue weighted by atomic mass is 9.93. The van der Waals surface area contributed by atoms with Crippen LogP contribution in [0.5, 0.6) is 0 Å². The van der Waals surface area contributed by atoms with Gasteiger partial charge >= 0.3 is 0 Å². The van der Waals surface area contributed by atoms with Crippen LogP contribution in [-0.2, 0) is 4.74 Å². The van der Waals surface area contributed by atoms with Crippen LogP contribution >= 0.6 is 24.0 Å². The van der Waals surface area contributed by atoms with Crippen molar-refractivity contribution in [3.05, 3.63) is 0 Å². The first-order chi connectivity index (χ1) is 10.4. The minimum atomic E-state index is 0. The Bertz CT molecular complexity index is 296. The maximum Gasteiger partial charge on any atom is 0.191 e. The van der Waals surface area contributed by atoms with Crippen molar-refractivity contribution in [3.63, 3.8) is 0 Å². The number of hydrogen-bond acceptors (Lipinski definition) is 3. The lowest BCUT2D eigenvalue weighted by molar-refractivity contribution is 0.129. The van der Waals surface area contributed by atoms with Gasteiger partial charge in [-0.1, -0.05) is 27.2 Å². The van der Waals surface area contributed by atoms with Crippen molar-refractivity contribution in [1.29, 1.82) is 0 Å². The second kappa shape index (κ2) is 15.4. The SMILES string of the molecule is CCCCOCCCNC(=NCC(C)(C)CN(C)C)NCC.I. The molecule has 0 rings (SSSR count). The van der Waals surface area contributed by atoms with Crippen LogP contribution in [0.15, 0.2) is 4.99 Å². The summed E-state index contributed by atoms with van der Waals surface area (Å²) < 4.78 is 5.57. The van der Waals surface area contributed by atoms with E-state index in [0.717, 1.165) is 58.2 Å². The van der Waals surface area contributed by atoms with Gasteiger partial charge in [0.1, 0.15) is 0 Å². The Morgan fingerprint density at radius 3 is 2.30 bits per heavy atom. The molecule has 0 aromatic carbocycles. The van der Waals surface area contributed by atoms with Crippen LogP contribution in [-0.4, -0.2) is 64.3 Å². The van der Waals surface area contributed by atoms with Gasteiger partial charge in [0.2, 0.25) is 0 Å². The van der Waals surface area contributed by atoms with Gasteiger partial charge in [0.25, 0.3) is 0 Å². The van der Waals surface area contributed by atoms with Crippen LogP contribution in [0.4, 0.5) is 0 Å². The highest BCUT2D eigenvalue weighted by molar-refractivity contribution is 14.0. The van der Waals surface area contributed by atoms with Crippen LogP contribution in [0.2, 0.25) is 0 Å². The molecule has 0 aliphatic carbocycles. The van der Waals surface area contributed by atoms with E-state index in [1.54, 1.807) is 0 Å². The molecule has 0 aliphatic rings. The van der Waals surface area contributed by atoms with Crippen LogP contribution in [0.25, 0.3) is 0 Å². The molecule has 0 aromatic heterocycles. The molecule has 0 fully saturated rings. The van der Waals surface area contributed by atoms with E-state index < -0.39 is 0 Å². The zero-order valence-corrected chi connectivity index (χ0v) is 18.4. The van der Waals surface area contributed by atoms with Crippen molar-refractivity contribution in [1.82, 2.24) is 15.5 Å². The third-order valence-corrected chi connectivity index (χ3v) is 3.15. The number of aliphatic imine (C=N–C) groups is 1. The first kappa shape index (κ1) is 25.2. The molecule has 0 amide bonds. The van der Waals surface area contributed by atoms with Crippen molar-refractivity contribution in [2.45, 2.75) is 47.0 Å². The number of guanidine groups is 1. The quantitative estimate of drug-likeness (QED) is 0.211. The number of nitrogens with zero attached hydrogens (tertiary/aromatic N) is 2. The summed E-state index contributed by atoms with van der Waals surface area (Å²) in [5.74, 6) is 0.905. The Hall–Kier alpha value is -0.0800. The molecule has 0 atom stereocenters. The molecule has 6 heteroatoms. The Kier molecular flexibility index (Phi) is 16.9. The van der Waals surface area contributed by atoms with Crippen molar-refractivity contribution in [2.75, 3.05) is 53.5 Å². The topological polar surface area (TPSA) is 48.9 Å². The van der Waals surface area contributed by atoms with Gasteiger partial charge < -0.3 is 20.3 Å². The third-order valence-electron chi connectivity index (χ3n) is 3.15. The second-order valence-corrected chi connectivity index (χ2v) is 6.84. The summed E-state index contributed by atoms with van der Waals surface area (Å²) in [6.45, 7) is 14.1. The third kappa shape index (κ3) is 16.6. The van der Waals surface area contributed by atoms with Crippen molar-refractivity contribution in [3.8, 4) is 0 Å². The summed E-state index contributed by atoms with van der Waals surface area (Å²) in [5.41, 5.74) is 0.176. The van der Waals surface area contributed by atoms with Crippen LogP contribution in [0, 0.1) is 5.41 Å². The molecule has 0 heterocycles. The van der Waals surface area contributed by atoms with Gasteiger partial charge in [-0.15, -0.1) is 24.0 Å². The molecular weight excluding hydrogens is 403 g/mol. The standard InChI is InChI=1S/C17H38N4O.HI/c1-7-9-12-22-13-10-11-19-16(18-8-2)20-14-17(3,4)15-21(5)6;/h7-15H2,1-6H3,(H2,18,19,20);1H. The summed E-state index contributed by atoms with van der Waals surface area (Å²) in [4.78, 5) is 6.92. The molecule has 0 spiro atoms. The highest BCUT2D eigenvalue weighted by atomic mass is 127. The van der Waals surface area contributed by atoms with E-state index >= 15 is 0 Å². The molecular formula is C17H39IN4O. The summed E-state index contributed by atoms with van der Waals surface area (Å²) >= 11 is 0. The molecule has 0 saturated carbocycles. The van der Waals surface area contributed by atoms with Gasteiger partial charge in [-0.2, -0.15) is 0 Å². The number of nitrogens with one attached hydrogen (secondary N) is 2. The predicted molar refractivity (Wildman–Crippen MR) is 112 cm³/mol. The Morgan fingerprint density at radius 1 is 1.09 bits per heavy atom. The first-order valence-corrected chi connectivity index (χ1v) is 8.66. The average molecular weight is 442 g/mol. The van der Waals surface area contributed by atoms with Crippen LogP contribution in [0.1, 0.15) is 47.0 Å². The summed E-state index contributed by atoms with van der Waals surface area (Å²) in [7, 11) is 4.21. The normalized spacial score (nSPS) is 12.2. The Morgan fingerprint density at radius 2 is 1.74 bits per heavy atom. The van der Waals surface area contributed by atoms with E-state index in [9.17, 15) is 0 Å². The van der Waals surface area contributed by atoms with Crippen molar-refractivity contribution in [2.24, 2.45) is 10.4 Å². The second-order valence-electron chi connectivity index (χ2n) is 6.84. The highest BCUT2D eigenvalue weighted by Crippen LogP contribution is 2.15. The number of unbranched alkanes of at least 4 members (excludes halogenated alkanes) is 1. The Labute approximate surface area is 161 Å². The molecule has 23 heavy (non-hydrogen) atoms. The van der Waals surface area contributed by atoms with Crippen molar-refractivity contribution >= 4 is 29.9 Å². The molecule has 5 nitrogen and oxygen atoms in total. The lowest BCUT2D eigenvalue weighted by Gasteiger charge is -2.26. The molecule has 2 N–H and O–H groups in total. The van der Waals surface area contributed by atoms with Gasteiger partial charge in [-0.05, 0) is 39.3 Å². The molecule has 0 radical (unpaired) electrons. The molecule has 0 aromatic rings. The average Bonchev–Trinajstić information content (AvgIpc) is 2.42. The van der Waals surface area contributed by atoms with Gasteiger partial charge in [-0.25, -0.2) is 0 Å². The van der Waals surface area contributed by atoms with E-state index in [2.05, 4.69) is 57.3 Å². The van der Waals surface area contributed by atoms with E-state index in [1.807, 2.05) is 0 Å². The van der Waals surface area contributed by atoms with E-state index in [1.165, 1.54) is 6.42 Å². The smallest absolute Gasteiger partial charge is 0.191 e. The first-order valence-electron chi connectivity index (χ1n) is 8.66. The fraction of sp³-hybridized carbons (Fsp3) is 0.941. The lowest BCUT2D eigenvalue weighted by Crippen LogP contribution is -2.39. The molecule has 0 bridgehead atoms. The molecule has 0 aliphatic heterocycles. The maximum atomic E-state index is 5.57. The monoisotopic (exact) mass is 442 g/mol. The van der Waals surface area contributed by atoms with Gasteiger partial charge in [0, 0.05) is 39.4 Å². The van der Waals surface area contributed by atoms with Gasteiger partial charge in [0.05, 0.1) is 0 Å². The molecule has 140 valence electrons. The number of halogens is 1.